The fourth-order valence-corrected chi connectivity index (χ4v) is 2.20. The predicted octanol–water partition coefficient (Wildman–Crippen LogP) is 5.69. The summed E-state index contributed by atoms with van der Waals surface area (Å²) in [6, 6.07) is 7.49. The van der Waals surface area contributed by atoms with Gasteiger partial charge in [-0.1, -0.05) is 61.7 Å². The summed E-state index contributed by atoms with van der Waals surface area (Å²) in [6.45, 7) is 7.30. The van der Waals surface area contributed by atoms with Crippen LogP contribution < -0.4 is 0 Å². The molecule has 4 nitrogen and oxygen atoms in total. The molecule has 0 radical (unpaired) electrons. The molecule has 0 amide bonds. The number of hydrogen-bond acceptors (Lipinski definition) is 4. The number of nitrogens with zero attached hydrogens (tertiary/aromatic N) is 2. The van der Waals surface area contributed by atoms with Crippen LogP contribution >= 0.6 is 0 Å². The predicted molar refractivity (Wildman–Crippen MR) is 107 cm³/mol. The number of halogens is 4. The van der Waals surface area contributed by atoms with Crippen molar-refractivity contribution in [1.29, 1.82) is 0 Å². The van der Waals surface area contributed by atoms with E-state index in [1.54, 1.807) is 36.4 Å². The Labute approximate surface area is 172 Å². The third kappa shape index (κ3) is 8.38. The van der Waals surface area contributed by atoms with E-state index >= 15 is 0 Å². The molecule has 2 unspecified atom stereocenters. The van der Waals surface area contributed by atoms with E-state index in [1.165, 1.54) is 7.11 Å². The SMILES string of the molecule is C=C/C=C\C=C.COC=O.FC1CC1c1ccc(-c2nccc(C(F)(F)F)n2)cc1. The van der Waals surface area contributed by atoms with Gasteiger partial charge in [0.25, 0.3) is 6.47 Å². The van der Waals surface area contributed by atoms with Gasteiger partial charge in [-0.3, -0.25) is 4.79 Å². The summed E-state index contributed by atoms with van der Waals surface area (Å²) in [7, 11) is 1.31. The van der Waals surface area contributed by atoms with Crippen molar-refractivity contribution >= 4 is 6.47 Å². The van der Waals surface area contributed by atoms with Crippen LogP contribution in [0.15, 0.2) is 74.0 Å². The van der Waals surface area contributed by atoms with Gasteiger partial charge in [0.15, 0.2) is 5.82 Å². The molecule has 1 aromatic carbocycles. The summed E-state index contributed by atoms with van der Waals surface area (Å²) in [5.74, 6) is -0.0644. The Morgan fingerprint density at radius 2 is 1.63 bits per heavy atom. The highest BCUT2D eigenvalue weighted by molar-refractivity contribution is 5.56. The van der Waals surface area contributed by atoms with Crippen molar-refractivity contribution in [2.45, 2.75) is 24.7 Å². The molecule has 30 heavy (non-hydrogen) atoms. The largest absolute Gasteiger partial charge is 0.471 e. The molecule has 0 bridgehead atoms. The highest BCUT2D eigenvalue weighted by Gasteiger charge is 2.38. The lowest BCUT2D eigenvalue weighted by atomic mass is 10.1. The van der Waals surface area contributed by atoms with E-state index in [1.807, 2.05) is 12.2 Å². The first-order valence-corrected chi connectivity index (χ1v) is 8.79. The van der Waals surface area contributed by atoms with Gasteiger partial charge in [-0.2, -0.15) is 13.2 Å². The molecule has 0 saturated heterocycles. The molecule has 2 atom stereocenters. The van der Waals surface area contributed by atoms with Crippen molar-refractivity contribution < 1.29 is 27.1 Å². The number of aromatic nitrogens is 2. The van der Waals surface area contributed by atoms with Gasteiger partial charge in [0.1, 0.15) is 11.9 Å². The molecule has 2 aromatic rings. The molecule has 1 aromatic heterocycles. The Morgan fingerprint density at radius 1 is 1.10 bits per heavy atom. The number of rotatable bonds is 5. The Morgan fingerprint density at radius 3 is 2.03 bits per heavy atom. The van der Waals surface area contributed by atoms with Gasteiger partial charge < -0.3 is 4.74 Å². The first kappa shape index (κ1) is 24.7. The zero-order valence-corrected chi connectivity index (χ0v) is 16.3. The first-order chi connectivity index (χ1) is 14.3. The Hall–Kier alpha value is -3.29. The van der Waals surface area contributed by atoms with Crippen LogP contribution in [-0.2, 0) is 15.7 Å². The van der Waals surface area contributed by atoms with Gasteiger partial charge in [0.05, 0.1) is 7.11 Å². The van der Waals surface area contributed by atoms with Crippen LogP contribution in [0.25, 0.3) is 11.4 Å². The van der Waals surface area contributed by atoms with Crippen LogP contribution in [0.4, 0.5) is 17.6 Å². The number of benzene rings is 1. The van der Waals surface area contributed by atoms with E-state index < -0.39 is 18.0 Å². The molecule has 8 heteroatoms. The summed E-state index contributed by atoms with van der Waals surface area (Å²) >= 11 is 0. The van der Waals surface area contributed by atoms with Gasteiger partial charge >= 0.3 is 6.18 Å². The second-order valence-corrected chi connectivity index (χ2v) is 5.93. The molecule has 1 aliphatic carbocycles. The van der Waals surface area contributed by atoms with Crippen LogP contribution in [0.1, 0.15) is 23.6 Å². The molecular weight excluding hydrogens is 400 g/mol. The zero-order valence-electron chi connectivity index (χ0n) is 16.3. The summed E-state index contributed by atoms with van der Waals surface area (Å²) in [6.07, 6.45) is 3.37. The Kier molecular flexibility index (Phi) is 10.2. The van der Waals surface area contributed by atoms with Crippen molar-refractivity contribution in [3.8, 4) is 11.4 Å². The summed E-state index contributed by atoms with van der Waals surface area (Å²) < 4.78 is 54.5. The molecule has 0 spiro atoms. The number of carbonyl (C=O) groups is 1. The van der Waals surface area contributed by atoms with Gasteiger partial charge in [0, 0.05) is 17.7 Å². The van der Waals surface area contributed by atoms with Crippen LogP contribution in [-0.4, -0.2) is 29.7 Å². The maximum atomic E-state index is 12.9. The minimum atomic E-state index is -4.49. The number of carbonyl (C=O) groups excluding carboxylic acids is 1. The van der Waals surface area contributed by atoms with Crippen LogP contribution in [0.5, 0.6) is 0 Å². The quantitative estimate of drug-likeness (QED) is 0.353. The third-order valence-corrected chi connectivity index (χ3v) is 3.74. The van der Waals surface area contributed by atoms with Crippen molar-refractivity contribution in [3.05, 3.63) is 85.2 Å². The lowest BCUT2D eigenvalue weighted by Crippen LogP contribution is -2.08. The Bertz CT molecular complexity index is 839. The molecular formula is C22H22F4N2O2. The summed E-state index contributed by atoms with van der Waals surface area (Å²) in [4.78, 5) is 16.3. The van der Waals surface area contributed by atoms with Crippen LogP contribution in [0.3, 0.4) is 0 Å². The highest BCUT2D eigenvalue weighted by atomic mass is 19.4. The number of methoxy groups -OCH3 is 1. The van der Waals surface area contributed by atoms with Crippen LogP contribution in [0.2, 0.25) is 0 Å². The molecule has 1 heterocycles. The van der Waals surface area contributed by atoms with Crippen molar-refractivity contribution in [2.75, 3.05) is 7.11 Å². The van der Waals surface area contributed by atoms with E-state index in [0.29, 0.717) is 18.5 Å². The third-order valence-electron chi connectivity index (χ3n) is 3.74. The normalized spacial score (nSPS) is 17.0. The maximum Gasteiger partial charge on any atom is 0.433 e. The van der Waals surface area contributed by atoms with Crippen molar-refractivity contribution in [2.24, 2.45) is 0 Å². The summed E-state index contributed by atoms with van der Waals surface area (Å²) in [5, 5.41) is 0. The summed E-state index contributed by atoms with van der Waals surface area (Å²) in [5.41, 5.74) is 0.363. The number of ether oxygens (including phenoxy) is 1. The van der Waals surface area contributed by atoms with Crippen molar-refractivity contribution in [3.63, 3.8) is 0 Å². The Balaban J connectivity index is 0.000000379. The van der Waals surface area contributed by atoms with E-state index in [4.69, 9.17) is 4.79 Å². The fraction of sp³-hybridized carbons (Fsp3) is 0.227. The second-order valence-electron chi connectivity index (χ2n) is 5.93. The van der Waals surface area contributed by atoms with Gasteiger partial charge in [-0.15, -0.1) is 0 Å². The average molecular weight is 422 g/mol. The highest BCUT2D eigenvalue weighted by Crippen LogP contribution is 2.43. The number of hydrogen-bond donors (Lipinski definition) is 0. The molecule has 1 saturated carbocycles. The molecule has 1 aliphatic rings. The number of alkyl halides is 4. The van der Waals surface area contributed by atoms with Gasteiger partial charge in [-0.25, -0.2) is 14.4 Å². The molecule has 160 valence electrons. The lowest BCUT2D eigenvalue weighted by Gasteiger charge is -2.07. The molecule has 0 N–H and O–H groups in total. The molecule has 3 rings (SSSR count). The van der Waals surface area contributed by atoms with E-state index in [-0.39, 0.29) is 11.7 Å². The average Bonchev–Trinajstić information content (AvgIpc) is 3.49. The van der Waals surface area contributed by atoms with Gasteiger partial charge in [0.2, 0.25) is 0 Å². The van der Waals surface area contributed by atoms with E-state index in [9.17, 15) is 17.6 Å². The number of allylic oxidation sites excluding steroid dienone is 4. The standard InChI is InChI=1S/C14H10F4N2.C6H8.C2H4O2/c15-11-7-10(11)8-1-3-9(4-2-8)13-19-6-5-12(20-13)14(16,17)18;1-3-5-6-4-2;1-4-2-3/h1-6,10-11H,7H2;3-6H,1-2H2;2H,1H3/b;6-5-;. The zero-order chi connectivity index (χ0) is 22.6. The smallest absolute Gasteiger partial charge is 0.433 e. The van der Waals surface area contributed by atoms with Crippen LogP contribution in [0, 0.1) is 0 Å². The van der Waals surface area contributed by atoms with E-state index in [2.05, 4.69) is 27.9 Å². The van der Waals surface area contributed by atoms with E-state index in [0.717, 1.165) is 17.8 Å². The maximum absolute atomic E-state index is 12.9. The minimum Gasteiger partial charge on any atom is -0.471 e. The topological polar surface area (TPSA) is 52.1 Å². The van der Waals surface area contributed by atoms with Crippen molar-refractivity contribution in [1.82, 2.24) is 9.97 Å². The second kappa shape index (κ2) is 12.3. The lowest BCUT2D eigenvalue weighted by molar-refractivity contribution is -0.141. The molecule has 1 fully saturated rings. The van der Waals surface area contributed by atoms with Gasteiger partial charge in [-0.05, 0) is 18.1 Å². The monoisotopic (exact) mass is 422 g/mol. The minimum absolute atomic E-state index is 0.0129. The fourth-order valence-electron chi connectivity index (χ4n) is 2.20. The molecule has 0 aliphatic heterocycles. The first-order valence-electron chi connectivity index (χ1n) is 8.79.